The van der Waals surface area contributed by atoms with Crippen LogP contribution >= 0.6 is 0 Å². The van der Waals surface area contributed by atoms with E-state index in [-0.39, 0.29) is 18.8 Å². The number of carbonyl (C=O) groups is 2. The standard InChI is InChI=1S/C17H22F8O4/c1-3-4-5-6-7-8-11-28-12(26)9-10-13(27)29-17(24,25)16(22,23)15(20,21)14(2,18)19/h9-10H,3-8,11H2,1-2H3/b10-9+. The van der Waals surface area contributed by atoms with Crippen molar-refractivity contribution in [2.45, 2.75) is 76.2 Å². The number of alkyl halides is 8. The van der Waals surface area contributed by atoms with Crippen LogP contribution < -0.4 is 0 Å². The molecule has 29 heavy (non-hydrogen) atoms. The van der Waals surface area contributed by atoms with Gasteiger partial charge in [0.05, 0.1) is 6.61 Å². The van der Waals surface area contributed by atoms with Crippen LogP contribution in [-0.4, -0.2) is 42.4 Å². The fourth-order valence-electron chi connectivity index (χ4n) is 1.92. The van der Waals surface area contributed by atoms with E-state index in [2.05, 4.69) is 9.47 Å². The first-order chi connectivity index (χ1) is 13.1. The summed E-state index contributed by atoms with van der Waals surface area (Å²) in [6.45, 7) is 1.27. The van der Waals surface area contributed by atoms with Gasteiger partial charge in [0.2, 0.25) is 0 Å². The Bertz CT molecular complexity index is 570. The Morgan fingerprint density at radius 3 is 1.76 bits per heavy atom. The third kappa shape index (κ3) is 7.81. The van der Waals surface area contributed by atoms with Crippen molar-refractivity contribution in [1.82, 2.24) is 0 Å². The van der Waals surface area contributed by atoms with E-state index in [0.29, 0.717) is 6.42 Å². The van der Waals surface area contributed by atoms with Crippen LogP contribution in [0.1, 0.15) is 52.4 Å². The van der Waals surface area contributed by atoms with Gasteiger partial charge in [0.1, 0.15) is 0 Å². The lowest BCUT2D eigenvalue weighted by atomic mass is 10.1. The minimum Gasteiger partial charge on any atom is -0.463 e. The molecule has 0 aromatic rings. The topological polar surface area (TPSA) is 52.6 Å². The smallest absolute Gasteiger partial charge is 0.463 e. The molecule has 0 radical (unpaired) electrons. The van der Waals surface area contributed by atoms with E-state index in [1.165, 1.54) is 0 Å². The second-order valence-electron chi connectivity index (χ2n) is 6.24. The second kappa shape index (κ2) is 10.8. The summed E-state index contributed by atoms with van der Waals surface area (Å²) < 4.78 is 111. The van der Waals surface area contributed by atoms with Crippen LogP contribution in [0.5, 0.6) is 0 Å². The average molecular weight is 442 g/mol. The normalized spacial score (nSPS) is 13.6. The number of ether oxygens (including phenoxy) is 2. The van der Waals surface area contributed by atoms with Gasteiger partial charge in [0.25, 0.3) is 0 Å². The van der Waals surface area contributed by atoms with E-state index < -0.39 is 42.7 Å². The molecular formula is C17H22F8O4. The molecule has 170 valence electrons. The van der Waals surface area contributed by atoms with Gasteiger partial charge >= 0.3 is 35.8 Å². The van der Waals surface area contributed by atoms with Crippen molar-refractivity contribution in [1.29, 1.82) is 0 Å². The Kier molecular flexibility index (Phi) is 10.1. The molecule has 0 aromatic heterocycles. The zero-order valence-corrected chi connectivity index (χ0v) is 15.8. The van der Waals surface area contributed by atoms with Gasteiger partial charge in [-0.3, -0.25) is 0 Å². The number of rotatable bonds is 13. The highest BCUT2D eigenvalue weighted by Gasteiger charge is 2.81. The quantitative estimate of drug-likeness (QED) is 0.163. The summed E-state index contributed by atoms with van der Waals surface area (Å²) in [5.41, 5.74) is 0. The van der Waals surface area contributed by atoms with E-state index in [9.17, 15) is 44.7 Å². The molecule has 0 saturated heterocycles. The van der Waals surface area contributed by atoms with Crippen molar-refractivity contribution >= 4 is 11.9 Å². The number of halogens is 8. The number of esters is 2. The minimum absolute atomic E-state index is 0.0591. The highest BCUT2D eigenvalue weighted by Crippen LogP contribution is 2.52. The maximum Gasteiger partial charge on any atom is 0.473 e. The van der Waals surface area contributed by atoms with Crippen LogP contribution in [0, 0.1) is 0 Å². The zero-order chi connectivity index (χ0) is 22.9. The van der Waals surface area contributed by atoms with E-state index in [0.717, 1.165) is 32.1 Å². The monoisotopic (exact) mass is 442 g/mol. The Balaban J connectivity index is 4.65. The first-order valence-electron chi connectivity index (χ1n) is 8.69. The average Bonchev–Trinajstić information content (AvgIpc) is 2.57. The van der Waals surface area contributed by atoms with Crippen LogP contribution in [0.2, 0.25) is 0 Å². The molecule has 0 aromatic carbocycles. The van der Waals surface area contributed by atoms with Crippen LogP contribution in [-0.2, 0) is 19.1 Å². The maximum atomic E-state index is 13.2. The van der Waals surface area contributed by atoms with Gasteiger partial charge in [-0.1, -0.05) is 39.0 Å². The SMILES string of the molecule is CCCCCCCCOC(=O)/C=C/C(=O)OC(F)(F)C(F)(F)C(F)(F)C(C)(F)F. The summed E-state index contributed by atoms with van der Waals surface area (Å²) >= 11 is 0. The largest absolute Gasteiger partial charge is 0.473 e. The first-order valence-corrected chi connectivity index (χ1v) is 8.69. The fourth-order valence-corrected chi connectivity index (χ4v) is 1.92. The summed E-state index contributed by atoms with van der Waals surface area (Å²) in [4.78, 5) is 22.4. The molecule has 0 bridgehead atoms. The minimum atomic E-state index is -6.72. The molecule has 0 saturated carbocycles. The highest BCUT2D eigenvalue weighted by atomic mass is 19.4. The summed E-state index contributed by atoms with van der Waals surface area (Å²) in [6, 6.07) is 0. The molecule has 0 aliphatic carbocycles. The molecule has 0 amide bonds. The molecule has 0 atom stereocenters. The van der Waals surface area contributed by atoms with Crippen molar-refractivity contribution in [2.24, 2.45) is 0 Å². The van der Waals surface area contributed by atoms with Crippen LogP contribution in [0.15, 0.2) is 12.2 Å². The van der Waals surface area contributed by atoms with Crippen LogP contribution in [0.4, 0.5) is 35.1 Å². The Morgan fingerprint density at radius 1 is 0.759 bits per heavy atom. The number of hydrogen-bond acceptors (Lipinski definition) is 4. The summed E-state index contributed by atoms with van der Waals surface area (Å²) in [5, 5.41) is 0. The van der Waals surface area contributed by atoms with E-state index in [4.69, 9.17) is 0 Å². The molecule has 12 heteroatoms. The molecule has 0 aliphatic rings. The number of unbranched alkanes of at least 4 members (excludes halogenated alkanes) is 5. The summed E-state index contributed by atoms with van der Waals surface area (Å²) in [5.74, 6) is -22.3. The van der Waals surface area contributed by atoms with Crippen molar-refractivity contribution in [3.8, 4) is 0 Å². The van der Waals surface area contributed by atoms with E-state index in [1.807, 2.05) is 6.92 Å². The molecule has 0 spiro atoms. The van der Waals surface area contributed by atoms with E-state index in [1.54, 1.807) is 0 Å². The predicted octanol–water partition coefficient (Wildman–Crippen LogP) is 5.51. The Hall–Kier alpha value is -1.88. The summed E-state index contributed by atoms with van der Waals surface area (Å²) in [6.07, 6.45) is -0.878. The Labute approximate surface area is 162 Å². The first kappa shape index (κ1) is 27.1. The fraction of sp³-hybridized carbons (Fsp3) is 0.765. The van der Waals surface area contributed by atoms with Crippen molar-refractivity contribution in [3.05, 3.63) is 12.2 Å². The molecule has 4 nitrogen and oxygen atoms in total. The van der Waals surface area contributed by atoms with Crippen molar-refractivity contribution in [3.63, 3.8) is 0 Å². The third-order valence-electron chi connectivity index (χ3n) is 3.64. The predicted molar refractivity (Wildman–Crippen MR) is 85.0 cm³/mol. The van der Waals surface area contributed by atoms with Crippen LogP contribution in [0.3, 0.4) is 0 Å². The third-order valence-corrected chi connectivity index (χ3v) is 3.64. The van der Waals surface area contributed by atoms with E-state index >= 15 is 0 Å². The summed E-state index contributed by atoms with van der Waals surface area (Å²) in [7, 11) is 0. The molecule has 0 aliphatic heterocycles. The molecule has 0 heterocycles. The lowest BCUT2D eigenvalue weighted by Gasteiger charge is -2.34. The lowest BCUT2D eigenvalue weighted by Crippen LogP contribution is -2.62. The van der Waals surface area contributed by atoms with Gasteiger partial charge in [-0.15, -0.1) is 0 Å². The molecule has 0 N–H and O–H groups in total. The molecule has 0 rings (SSSR count). The van der Waals surface area contributed by atoms with Crippen molar-refractivity contribution < 1.29 is 54.2 Å². The van der Waals surface area contributed by atoms with Gasteiger partial charge < -0.3 is 9.47 Å². The molecular weight excluding hydrogens is 420 g/mol. The van der Waals surface area contributed by atoms with Gasteiger partial charge in [-0.2, -0.15) is 35.1 Å². The van der Waals surface area contributed by atoms with Gasteiger partial charge in [-0.25, -0.2) is 9.59 Å². The second-order valence-corrected chi connectivity index (χ2v) is 6.24. The lowest BCUT2D eigenvalue weighted by molar-refractivity contribution is -0.413. The highest BCUT2D eigenvalue weighted by molar-refractivity contribution is 5.91. The van der Waals surface area contributed by atoms with Crippen LogP contribution in [0.25, 0.3) is 0 Å². The van der Waals surface area contributed by atoms with Crippen molar-refractivity contribution in [2.75, 3.05) is 6.61 Å². The maximum absolute atomic E-state index is 13.2. The number of carbonyl (C=O) groups excluding carboxylic acids is 2. The number of hydrogen-bond donors (Lipinski definition) is 0. The molecule has 0 unspecified atom stereocenters. The zero-order valence-electron chi connectivity index (χ0n) is 15.8. The van der Waals surface area contributed by atoms with Gasteiger partial charge in [0.15, 0.2) is 0 Å². The van der Waals surface area contributed by atoms with Gasteiger partial charge in [-0.05, 0) is 6.42 Å². The Morgan fingerprint density at radius 2 is 1.24 bits per heavy atom. The molecule has 0 fully saturated rings. The van der Waals surface area contributed by atoms with Gasteiger partial charge in [0, 0.05) is 19.1 Å².